The highest BCUT2D eigenvalue weighted by molar-refractivity contribution is 5.64. The average Bonchev–Trinajstić information content (AvgIpc) is 2.38. The van der Waals surface area contributed by atoms with Gasteiger partial charge in [-0.05, 0) is 31.0 Å². The zero-order valence-electron chi connectivity index (χ0n) is 10.0. The molecule has 0 spiro atoms. The van der Waals surface area contributed by atoms with Crippen molar-refractivity contribution in [3.05, 3.63) is 23.8 Å². The van der Waals surface area contributed by atoms with E-state index in [0.717, 1.165) is 31.6 Å². The number of rotatable bonds is 2. The number of ether oxygens (including phenoxy) is 1. The molecule has 1 unspecified atom stereocenters. The standard InChI is InChI=1S/C13H17N3O/c1-17-12-3-2-6-16(9-12)13-5-4-11(15)7-10(13)8-14/h4-5,7,12H,2-3,6,9,15H2,1H3. The van der Waals surface area contributed by atoms with Crippen LogP contribution in [0.25, 0.3) is 0 Å². The molecular weight excluding hydrogens is 214 g/mol. The van der Waals surface area contributed by atoms with Crippen LogP contribution in [0.3, 0.4) is 0 Å². The molecular formula is C13H17N3O. The van der Waals surface area contributed by atoms with E-state index in [4.69, 9.17) is 15.7 Å². The topological polar surface area (TPSA) is 62.3 Å². The molecule has 0 aromatic heterocycles. The number of hydrogen-bond acceptors (Lipinski definition) is 4. The summed E-state index contributed by atoms with van der Waals surface area (Å²) in [6, 6.07) is 7.69. The van der Waals surface area contributed by atoms with Gasteiger partial charge in [-0.3, -0.25) is 0 Å². The first kappa shape index (κ1) is 11.7. The molecule has 1 aliphatic heterocycles. The number of benzene rings is 1. The van der Waals surface area contributed by atoms with E-state index in [9.17, 15) is 0 Å². The van der Waals surface area contributed by atoms with E-state index >= 15 is 0 Å². The molecule has 1 aromatic rings. The Kier molecular flexibility index (Phi) is 3.50. The number of nitriles is 1. The summed E-state index contributed by atoms with van der Waals surface area (Å²) in [7, 11) is 1.74. The number of nitrogens with zero attached hydrogens (tertiary/aromatic N) is 2. The molecule has 17 heavy (non-hydrogen) atoms. The molecule has 4 nitrogen and oxygen atoms in total. The molecule has 1 aliphatic rings. The fourth-order valence-electron chi connectivity index (χ4n) is 2.27. The van der Waals surface area contributed by atoms with Gasteiger partial charge >= 0.3 is 0 Å². The lowest BCUT2D eigenvalue weighted by Gasteiger charge is -2.34. The lowest BCUT2D eigenvalue weighted by Crippen LogP contribution is -2.39. The zero-order valence-corrected chi connectivity index (χ0v) is 10.0. The van der Waals surface area contributed by atoms with Gasteiger partial charge in [0, 0.05) is 25.9 Å². The van der Waals surface area contributed by atoms with Crippen LogP contribution in [-0.2, 0) is 4.74 Å². The monoisotopic (exact) mass is 231 g/mol. The third-order valence-electron chi connectivity index (χ3n) is 3.19. The predicted molar refractivity (Wildman–Crippen MR) is 67.8 cm³/mol. The Morgan fingerprint density at radius 3 is 3.06 bits per heavy atom. The van der Waals surface area contributed by atoms with Crippen molar-refractivity contribution in [1.82, 2.24) is 0 Å². The summed E-state index contributed by atoms with van der Waals surface area (Å²) in [5.74, 6) is 0. The smallest absolute Gasteiger partial charge is 0.101 e. The molecule has 1 atom stereocenters. The highest BCUT2D eigenvalue weighted by Gasteiger charge is 2.21. The molecule has 0 amide bonds. The lowest BCUT2D eigenvalue weighted by molar-refractivity contribution is 0.0893. The van der Waals surface area contributed by atoms with Crippen molar-refractivity contribution in [1.29, 1.82) is 5.26 Å². The summed E-state index contributed by atoms with van der Waals surface area (Å²) in [6.45, 7) is 1.81. The van der Waals surface area contributed by atoms with Crippen LogP contribution in [-0.4, -0.2) is 26.3 Å². The number of hydrogen-bond donors (Lipinski definition) is 1. The maximum atomic E-state index is 9.13. The first-order chi connectivity index (χ1) is 8.24. The van der Waals surface area contributed by atoms with Crippen LogP contribution in [0.15, 0.2) is 18.2 Å². The molecule has 90 valence electrons. The van der Waals surface area contributed by atoms with Crippen molar-refractivity contribution >= 4 is 11.4 Å². The van der Waals surface area contributed by atoms with E-state index in [0.29, 0.717) is 11.3 Å². The van der Waals surface area contributed by atoms with Gasteiger partial charge in [-0.15, -0.1) is 0 Å². The van der Waals surface area contributed by atoms with E-state index in [1.54, 1.807) is 13.2 Å². The Balaban J connectivity index is 2.24. The zero-order chi connectivity index (χ0) is 12.3. The number of nitrogens with two attached hydrogens (primary N) is 1. The fraction of sp³-hybridized carbons (Fsp3) is 0.462. The van der Waals surface area contributed by atoms with Crippen LogP contribution >= 0.6 is 0 Å². The summed E-state index contributed by atoms with van der Waals surface area (Å²) in [5, 5.41) is 9.13. The molecule has 2 N–H and O–H groups in total. The van der Waals surface area contributed by atoms with Crippen molar-refractivity contribution in [2.75, 3.05) is 30.8 Å². The molecule has 0 aliphatic carbocycles. The van der Waals surface area contributed by atoms with Gasteiger partial charge in [-0.25, -0.2) is 0 Å². The molecule has 4 heteroatoms. The van der Waals surface area contributed by atoms with Crippen LogP contribution in [0, 0.1) is 11.3 Å². The molecule has 1 aromatic carbocycles. The van der Waals surface area contributed by atoms with Gasteiger partial charge in [-0.1, -0.05) is 0 Å². The van der Waals surface area contributed by atoms with E-state index in [1.807, 2.05) is 12.1 Å². The first-order valence-corrected chi connectivity index (χ1v) is 5.82. The third-order valence-corrected chi connectivity index (χ3v) is 3.19. The molecule has 0 bridgehead atoms. The van der Waals surface area contributed by atoms with Gasteiger partial charge < -0.3 is 15.4 Å². The van der Waals surface area contributed by atoms with Crippen molar-refractivity contribution < 1.29 is 4.74 Å². The Labute approximate surface area is 102 Å². The van der Waals surface area contributed by atoms with Gasteiger partial charge in [-0.2, -0.15) is 5.26 Å². The predicted octanol–water partition coefficient (Wildman–Crippen LogP) is 1.76. The van der Waals surface area contributed by atoms with Crippen LogP contribution in [0.5, 0.6) is 0 Å². The molecule has 1 heterocycles. The van der Waals surface area contributed by atoms with E-state index in [2.05, 4.69) is 11.0 Å². The number of methoxy groups -OCH3 is 1. The maximum absolute atomic E-state index is 9.13. The van der Waals surface area contributed by atoms with Gasteiger partial charge in [0.15, 0.2) is 0 Å². The Hall–Kier alpha value is -1.73. The minimum atomic E-state index is 0.257. The minimum absolute atomic E-state index is 0.257. The fourth-order valence-corrected chi connectivity index (χ4v) is 2.27. The molecule has 1 fully saturated rings. The summed E-state index contributed by atoms with van der Waals surface area (Å²) < 4.78 is 5.39. The second kappa shape index (κ2) is 5.07. The molecule has 2 rings (SSSR count). The molecule has 0 radical (unpaired) electrons. The van der Waals surface area contributed by atoms with Gasteiger partial charge in [0.25, 0.3) is 0 Å². The van der Waals surface area contributed by atoms with Crippen molar-refractivity contribution in [2.24, 2.45) is 0 Å². The van der Waals surface area contributed by atoms with E-state index in [-0.39, 0.29) is 6.10 Å². The number of anilines is 2. The molecule has 1 saturated heterocycles. The summed E-state index contributed by atoms with van der Waals surface area (Å²) >= 11 is 0. The summed E-state index contributed by atoms with van der Waals surface area (Å²) in [5.41, 5.74) is 7.92. The Morgan fingerprint density at radius 2 is 2.35 bits per heavy atom. The van der Waals surface area contributed by atoms with E-state index in [1.165, 1.54) is 0 Å². The second-order valence-electron chi connectivity index (χ2n) is 4.33. The van der Waals surface area contributed by atoms with E-state index < -0.39 is 0 Å². The van der Waals surface area contributed by atoms with Crippen LogP contribution < -0.4 is 10.6 Å². The maximum Gasteiger partial charge on any atom is 0.101 e. The average molecular weight is 231 g/mol. The highest BCUT2D eigenvalue weighted by Crippen LogP contribution is 2.26. The largest absolute Gasteiger partial charge is 0.399 e. The Bertz CT molecular complexity index is 439. The number of nitrogen functional groups attached to an aromatic ring is 1. The first-order valence-electron chi connectivity index (χ1n) is 5.82. The summed E-state index contributed by atoms with van der Waals surface area (Å²) in [6.07, 6.45) is 2.44. The molecule has 0 saturated carbocycles. The normalized spacial score (nSPS) is 20.0. The van der Waals surface area contributed by atoms with Gasteiger partial charge in [0.05, 0.1) is 17.4 Å². The summed E-state index contributed by atoms with van der Waals surface area (Å²) in [4.78, 5) is 2.20. The van der Waals surface area contributed by atoms with Crippen LogP contribution in [0.4, 0.5) is 11.4 Å². The second-order valence-corrected chi connectivity index (χ2v) is 4.33. The van der Waals surface area contributed by atoms with Gasteiger partial charge in [0.2, 0.25) is 0 Å². The lowest BCUT2D eigenvalue weighted by atomic mass is 10.1. The number of piperidine rings is 1. The van der Waals surface area contributed by atoms with Crippen LogP contribution in [0.1, 0.15) is 18.4 Å². The van der Waals surface area contributed by atoms with Crippen molar-refractivity contribution in [3.8, 4) is 6.07 Å². The SMILES string of the molecule is COC1CCCN(c2ccc(N)cc2C#N)C1. The van der Waals surface area contributed by atoms with Crippen molar-refractivity contribution in [2.45, 2.75) is 18.9 Å². The highest BCUT2D eigenvalue weighted by atomic mass is 16.5. The third kappa shape index (κ3) is 2.51. The Morgan fingerprint density at radius 1 is 1.53 bits per heavy atom. The van der Waals surface area contributed by atoms with Gasteiger partial charge in [0.1, 0.15) is 6.07 Å². The quantitative estimate of drug-likeness (QED) is 0.788. The van der Waals surface area contributed by atoms with Crippen LogP contribution in [0.2, 0.25) is 0 Å². The van der Waals surface area contributed by atoms with Crippen molar-refractivity contribution in [3.63, 3.8) is 0 Å². The minimum Gasteiger partial charge on any atom is -0.399 e.